The van der Waals surface area contributed by atoms with Crippen LogP contribution < -0.4 is 14.7 Å². The van der Waals surface area contributed by atoms with E-state index in [0.717, 1.165) is 39.3 Å². The topological polar surface area (TPSA) is 27.5 Å². The molecule has 3 heterocycles. The third kappa shape index (κ3) is 4.98. The summed E-state index contributed by atoms with van der Waals surface area (Å²) in [6, 6.07) is 35.5. The van der Waals surface area contributed by atoms with Crippen molar-refractivity contribution in [1.82, 2.24) is 9.55 Å². The summed E-state index contributed by atoms with van der Waals surface area (Å²) in [5.41, 5.74) is 11.3. The second-order valence-electron chi connectivity index (χ2n) is 12.6. The minimum absolute atomic E-state index is 0. The van der Waals surface area contributed by atoms with Crippen molar-refractivity contribution in [1.29, 1.82) is 0 Å². The summed E-state index contributed by atoms with van der Waals surface area (Å²) in [4.78, 5) is 11.4. The first kappa shape index (κ1) is 30.0. The maximum absolute atomic E-state index is 4.83. The van der Waals surface area contributed by atoms with Crippen LogP contribution in [0.2, 0.25) is 0 Å². The first-order chi connectivity index (χ1) is 20.6. The number of aryl methyl sites for hydroxylation is 2. The normalized spacial score (nSPS) is 13.0. The summed E-state index contributed by atoms with van der Waals surface area (Å²) in [7, 11) is 4.18. The molecule has 0 radical (unpaired) electrons. The van der Waals surface area contributed by atoms with Crippen LogP contribution in [0.5, 0.6) is 0 Å². The van der Waals surface area contributed by atoms with Crippen LogP contribution in [0, 0.1) is 32.6 Å². The van der Waals surface area contributed by atoms with Gasteiger partial charge >= 0.3 is 0 Å². The van der Waals surface area contributed by atoms with Gasteiger partial charge < -0.3 is 19.3 Å². The molecule has 1 aliphatic heterocycles. The largest absolute Gasteiger partial charge is 0.504 e. The Hall–Kier alpha value is -4.08. The van der Waals surface area contributed by atoms with Gasteiger partial charge in [0, 0.05) is 51.2 Å². The molecule has 4 aromatic carbocycles. The van der Waals surface area contributed by atoms with E-state index in [0.29, 0.717) is 0 Å². The van der Waals surface area contributed by atoms with E-state index in [4.69, 9.17) is 4.98 Å². The van der Waals surface area contributed by atoms with Gasteiger partial charge in [-0.25, -0.2) is 4.98 Å². The van der Waals surface area contributed by atoms with Crippen LogP contribution in [0.3, 0.4) is 0 Å². The summed E-state index contributed by atoms with van der Waals surface area (Å²) in [5, 5.41) is 2.35. The zero-order valence-corrected chi connectivity index (χ0v) is 28.5. The Balaban J connectivity index is 0.00000343. The molecule has 0 spiro atoms. The standard InChI is InChI=1S/C38H36N5.Pt/c1-25-19-35-36(20-26(25)2)42(24-40(35)6)30-12-10-11-28(22-30)41(7)29-15-16-32-31-13-8-9-14-33(31)43(34(32)23-29)37-21-27(17-18-39-37)38(3,4)5;/h8-21,24H,1-7H3;/q-3;. The number of aromatic nitrogens is 2. The summed E-state index contributed by atoms with van der Waals surface area (Å²) < 4.78 is 2.24. The van der Waals surface area contributed by atoms with E-state index >= 15 is 0 Å². The fourth-order valence-corrected chi connectivity index (χ4v) is 5.98. The van der Waals surface area contributed by atoms with E-state index in [1.54, 1.807) is 0 Å². The predicted molar refractivity (Wildman–Crippen MR) is 180 cm³/mol. The van der Waals surface area contributed by atoms with Crippen LogP contribution in [0.25, 0.3) is 27.6 Å². The van der Waals surface area contributed by atoms with Gasteiger partial charge in [0.25, 0.3) is 0 Å². The molecule has 1 aliphatic rings. The minimum atomic E-state index is 0. The summed E-state index contributed by atoms with van der Waals surface area (Å²) in [6.45, 7) is 13.2. The van der Waals surface area contributed by atoms with E-state index in [1.165, 1.54) is 33.5 Å². The third-order valence-corrected chi connectivity index (χ3v) is 8.67. The molecule has 7 rings (SSSR count). The maximum atomic E-state index is 4.83. The predicted octanol–water partition coefficient (Wildman–Crippen LogP) is 9.17. The molecule has 0 N–H and O–H groups in total. The van der Waals surface area contributed by atoms with Gasteiger partial charge in [0.15, 0.2) is 0 Å². The molecule has 44 heavy (non-hydrogen) atoms. The first-order valence-electron chi connectivity index (χ1n) is 14.8. The van der Waals surface area contributed by atoms with Crippen molar-refractivity contribution in [3.63, 3.8) is 0 Å². The first-order valence-corrected chi connectivity index (χ1v) is 14.8. The molecule has 0 amide bonds. The number of pyridine rings is 1. The average molecular weight is 758 g/mol. The molecule has 0 bridgehead atoms. The molecule has 0 saturated heterocycles. The van der Waals surface area contributed by atoms with Crippen molar-refractivity contribution >= 4 is 50.2 Å². The van der Waals surface area contributed by atoms with Gasteiger partial charge in [0.1, 0.15) is 5.82 Å². The number of nitrogens with zero attached hydrogens (tertiary/aromatic N) is 5. The second kappa shape index (κ2) is 11.1. The molecule has 0 fully saturated rings. The molecule has 0 aliphatic carbocycles. The second-order valence-corrected chi connectivity index (χ2v) is 12.6. The van der Waals surface area contributed by atoms with Crippen LogP contribution >= 0.6 is 0 Å². The molecule has 6 aromatic rings. The van der Waals surface area contributed by atoms with E-state index in [9.17, 15) is 0 Å². The van der Waals surface area contributed by atoms with Crippen molar-refractivity contribution in [2.45, 2.75) is 40.0 Å². The average Bonchev–Trinajstić information content (AvgIpc) is 3.50. The monoisotopic (exact) mass is 757 g/mol. The van der Waals surface area contributed by atoms with Gasteiger partial charge in [-0.1, -0.05) is 55.9 Å². The van der Waals surface area contributed by atoms with Crippen molar-refractivity contribution < 1.29 is 21.1 Å². The SMILES string of the molecule is Cc1cc2c(cc1C)N(c1[c-]c(N(C)c3[c-]c4c(cc3)c3ccccc3n4-c3cc(C(C)(C)C)ccn3)ccc1)[CH-]N2C.[Pt]. The van der Waals surface area contributed by atoms with E-state index < -0.39 is 0 Å². The van der Waals surface area contributed by atoms with E-state index in [1.807, 2.05) is 6.20 Å². The van der Waals surface area contributed by atoms with Crippen molar-refractivity contribution in [2.24, 2.45) is 0 Å². The molecule has 6 heteroatoms. The fourth-order valence-electron chi connectivity index (χ4n) is 5.98. The van der Waals surface area contributed by atoms with E-state index in [2.05, 4.69) is 166 Å². The van der Waals surface area contributed by atoms with Gasteiger partial charge in [0.2, 0.25) is 0 Å². The number of benzene rings is 4. The molecule has 0 atom stereocenters. The number of fused-ring (bicyclic) bond motifs is 4. The van der Waals surface area contributed by atoms with Crippen molar-refractivity contribution in [3.8, 4) is 5.82 Å². The zero-order valence-electron chi connectivity index (χ0n) is 26.2. The fraction of sp³-hybridized carbons (Fsp3) is 0.211. The van der Waals surface area contributed by atoms with Gasteiger partial charge in [-0.2, -0.15) is 18.8 Å². The van der Waals surface area contributed by atoms with Crippen LogP contribution in [-0.4, -0.2) is 23.6 Å². The molecular weight excluding hydrogens is 722 g/mol. The number of hydrogen-bond acceptors (Lipinski definition) is 4. The Morgan fingerprint density at radius 2 is 1.52 bits per heavy atom. The minimum Gasteiger partial charge on any atom is -0.504 e. The van der Waals surface area contributed by atoms with E-state index in [-0.39, 0.29) is 26.5 Å². The Morgan fingerprint density at radius 1 is 0.795 bits per heavy atom. The molecule has 0 unspecified atom stereocenters. The number of para-hydroxylation sites is 1. The summed E-state index contributed by atoms with van der Waals surface area (Å²) >= 11 is 0. The summed E-state index contributed by atoms with van der Waals surface area (Å²) in [6.07, 6.45) is 1.92. The molecule has 0 saturated carbocycles. The molecular formula is C38H36N5Pt-3. The smallest absolute Gasteiger partial charge is 0.135 e. The Kier molecular flexibility index (Phi) is 7.58. The van der Waals surface area contributed by atoms with Gasteiger partial charge in [0.05, 0.1) is 0 Å². The van der Waals surface area contributed by atoms with Crippen molar-refractivity contribution in [3.05, 3.63) is 121 Å². The molecule has 5 nitrogen and oxygen atoms in total. The number of rotatable bonds is 4. The summed E-state index contributed by atoms with van der Waals surface area (Å²) in [5.74, 6) is 0.904. The van der Waals surface area contributed by atoms with Gasteiger partial charge in [-0.3, -0.25) is 0 Å². The quantitative estimate of drug-likeness (QED) is 0.168. The van der Waals surface area contributed by atoms with Crippen molar-refractivity contribution in [2.75, 3.05) is 28.8 Å². The molecule has 2 aromatic heterocycles. The number of anilines is 5. The molecule has 226 valence electrons. The van der Waals surface area contributed by atoms with Crippen LogP contribution in [0.4, 0.5) is 28.4 Å². The third-order valence-electron chi connectivity index (χ3n) is 8.67. The van der Waals surface area contributed by atoms with Crippen LogP contribution in [-0.2, 0) is 26.5 Å². The Morgan fingerprint density at radius 3 is 2.30 bits per heavy atom. The van der Waals surface area contributed by atoms with Gasteiger partial charge in [-0.05, 0) is 78.7 Å². The zero-order chi connectivity index (χ0) is 30.0. The van der Waals surface area contributed by atoms with Gasteiger partial charge in [-0.15, -0.1) is 41.4 Å². The van der Waals surface area contributed by atoms with Crippen LogP contribution in [0.1, 0.15) is 37.5 Å². The number of hydrogen-bond donors (Lipinski definition) is 0. The Labute approximate surface area is 275 Å². The Bertz CT molecular complexity index is 2020. The van der Waals surface area contributed by atoms with Crippen LogP contribution in [0.15, 0.2) is 85.1 Å². The maximum Gasteiger partial charge on any atom is 0.135 e.